The summed E-state index contributed by atoms with van der Waals surface area (Å²) in [6, 6.07) is 34.4. The molecular weight excluding hydrogens is 604 g/mol. The van der Waals surface area contributed by atoms with Crippen LogP contribution in [0.3, 0.4) is 0 Å². The van der Waals surface area contributed by atoms with Gasteiger partial charge in [0.05, 0.1) is 21.5 Å². The molecule has 6 aromatic rings. The van der Waals surface area contributed by atoms with Crippen LogP contribution in [0.5, 0.6) is 0 Å². The van der Waals surface area contributed by atoms with E-state index in [4.69, 9.17) is 5.73 Å². The molecule has 8 rings (SSSR count). The van der Waals surface area contributed by atoms with E-state index in [1.54, 1.807) is 23.1 Å². The smallest absolute Gasteiger partial charge is 0.282 e. The van der Waals surface area contributed by atoms with Gasteiger partial charge in [0.2, 0.25) is 0 Å². The van der Waals surface area contributed by atoms with Crippen LogP contribution in [0.15, 0.2) is 109 Å². The van der Waals surface area contributed by atoms with Crippen LogP contribution in [0.1, 0.15) is 43.2 Å². The van der Waals surface area contributed by atoms with E-state index in [1.807, 2.05) is 77.7 Å². The van der Waals surface area contributed by atoms with Gasteiger partial charge in [0, 0.05) is 72.9 Å². The van der Waals surface area contributed by atoms with E-state index in [0.717, 1.165) is 45.2 Å². The number of amides is 2. The van der Waals surface area contributed by atoms with E-state index in [1.165, 1.54) is 6.07 Å². The summed E-state index contributed by atoms with van der Waals surface area (Å²) in [5.74, 6) is -0.248. The number of benzene rings is 4. The normalized spacial score (nSPS) is 13.4. The minimum atomic E-state index is -0.495. The minimum Gasteiger partial charge on any atom is -0.398 e. The van der Waals surface area contributed by atoms with Crippen molar-refractivity contribution < 1.29 is 14.5 Å². The van der Waals surface area contributed by atoms with Gasteiger partial charge in [0.1, 0.15) is 5.56 Å². The van der Waals surface area contributed by atoms with Crippen LogP contribution in [-0.2, 0) is 25.9 Å². The molecule has 0 saturated heterocycles. The molecule has 0 saturated carbocycles. The van der Waals surface area contributed by atoms with Crippen molar-refractivity contribution in [2.45, 2.75) is 25.9 Å². The summed E-state index contributed by atoms with van der Waals surface area (Å²) in [5.41, 5.74) is 12.8. The summed E-state index contributed by atoms with van der Waals surface area (Å²) in [7, 11) is 0. The van der Waals surface area contributed by atoms with E-state index in [0.29, 0.717) is 49.4 Å². The summed E-state index contributed by atoms with van der Waals surface area (Å²) in [6.07, 6.45) is 1.35. The molecule has 0 fully saturated rings. The van der Waals surface area contributed by atoms with Crippen molar-refractivity contribution in [3.63, 3.8) is 0 Å². The van der Waals surface area contributed by atoms with Gasteiger partial charge in [0.15, 0.2) is 0 Å². The molecule has 2 aromatic heterocycles. The number of carbonyl (C=O) groups is 2. The van der Waals surface area contributed by atoms with E-state index in [9.17, 15) is 19.7 Å². The van der Waals surface area contributed by atoms with E-state index in [2.05, 4.69) is 22.1 Å². The first-order chi connectivity index (χ1) is 23.4. The SMILES string of the molecule is Nc1cccc2c1C(=O)N(CCc1ccc3ccccc3n1)C2.O=C1c2c(cccc2[N+](=O)[O-])CN1CCc1ccc2ccccc2n1. The fraction of sp³-hybridized carbons (Fsp3) is 0.158. The molecule has 0 atom stereocenters. The third-order valence-electron chi connectivity index (χ3n) is 8.82. The quantitative estimate of drug-likeness (QED) is 0.122. The van der Waals surface area contributed by atoms with Gasteiger partial charge < -0.3 is 15.5 Å². The maximum Gasteiger partial charge on any atom is 0.282 e. The number of aromatic nitrogens is 2. The average molecular weight is 637 g/mol. The number of nitrogens with two attached hydrogens (primary N) is 1. The fourth-order valence-corrected chi connectivity index (χ4v) is 6.36. The molecule has 10 nitrogen and oxygen atoms in total. The Hall–Kier alpha value is -6.16. The van der Waals surface area contributed by atoms with Crippen molar-refractivity contribution in [2.75, 3.05) is 18.8 Å². The topological polar surface area (TPSA) is 136 Å². The molecule has 0 aliphatic carbocycles. The second-order valence-corrected chi connectivity index (χ2v) is 11.9. The number of anilines is 1. The van der Waals surface area contributed by atoms with Gasteiger partial charge >= 0.3 is 0 Å². The van der Waals surface area contributed by atoms with Gasteiger partial charge in [-0.15, -0.1) is 0 Å². The highest BCUT2D eigenvalue weighted by Crippen LogP contribution is 2.31. The third kappa shape index (κ3) is 6.03. The monoisotopic (exact) mass is 636 g/mol. The number of hydrogen-bond donors (Lipinski definition) is 1. The Labute approximate surface area is 276 Å². The number of nitrogens with zero attached hydrogens (tertiary/aromatic N) is 5. The molecule has 2 N–H and O–H groups in total. The van der Waals surface area contributed by atoms with Gasteiger partial charge in [-0.05, 0) is 41.5 Å². The van der Waals surface area contributed by atoms with Crippen LogP contribution in [0.2, 0.25) is 0 Å². The number of nitro benzene ring substituents is 1. The van der Waals surface area contributed by atoms with Crippen LogP contribution in [-0.4, -0.2) is 49.6 Å². The van der Waals surface area contributed by atoms with E-state index in [-0.39, 0.29) is 23.1 Å². The highest BCUT2D eigenvalue weighted by molar-refractivity contribution is 6.03. The number of hydrogen-bond acceptors (Lipinski definition) is 7. The number of fused-ring (bicyclic) bond motifs is 4. The molecule has 0 spiro atoms. The number of nitrogen functional groups attached to an aromatic ring is 1. The molecule has 4 heterocycles. The first-order valence-electron chi connectivity index (χ1n) is 15.8. The number of pyridine rings is 2. The van der Waals surface area contributed by atoms with Crippen LogP contribution in [0.25, 0.3) is 21.8 Å². The number of para-hydroxylation sites is 2. The molecule has 0 bridgehead atoms. The van der Waals surface area contributed by atoms with Crippen LogP contribution < -0.4 is 5.73 Å². The fourth-order valence-electron chi connectivity index (χ4n) is 6.36. The lowest BCUT2D eigenvalue weighted by atomic mass is 10.1. The Balaban J connectivity index is 0.000000152. The zero-order chi connectivity index (χ0) is 33.2. The zero-order valence-corrected chi connectivity index (χ0v) is 26.1. The number of rotatable bonds is 7. The Morgan fingerprint density at radius 2 is 1.12 bits per heavy atom. The van der Waals surface area contributed by atoms with Crippen molar-refractivity contribution >= 4 is 45.0 Å². The first-order valence-corrected chi connectivity index (χ1v) is 15.8. The number of nitro groups is 1. The Bertz CT molecular complexity index is 2220. The molecule has 4 aromatic carbocycles. The highest BCUT2D eigenvalue weighted by Gasteiger charge is 2.34. The molecule has 48 heavy (non-hydrogen) atoms. The predicted molar refractivity (Wildman–Crippen MR) is 184 cm³/mol. The second-order valence-electron chi connectivity index (χ2n) is 11.9. The van der Waals surface area contributed by atoms with Crippen molar-refractivity contribution in [3.05, 3.63) is 153 Å². The second kappa shape index (κ2) is 12.9. The largest absolute Gasteiger partial charge is 0.398 e. The summed E-state index contributed by atoms with van der Waals surface area (Å²) < 4.78 is 0. The molecule has 238 valence electrons. The minimum absolute atomic E-state index is 0.0267. The molecule has 0 radical (unpaired) electrons. The van der Waals surface area contributed by atoms with Gasteiger partial charge in [-0.2, -0.15) is 0 Å². The molecular formula is C38H32N6O4. The maximum absolute atomic E-state index is 12.6. The lowest BCUT2D eigenvalue weighted by molar-refractivity contribution is -0.385. The molecule has 10 heteroatoms. The zero-order valence-electron chi connectivity index (χ0n) is 26.1. The van der Waals surface area contributed by atoms with Crippen LogP contribution in [0.4, 0.5) is 11.4 Å². The standard InChI is InChI=1S/C19H15N3O3.C19H17N3O/c23-19-18-14(5-3-7-17(18)22(24)25)12-21(19)11-10-15-9-8-13-4-1-2-6-16(13)20-15;20-16-6-3-5-14-12-22(19(23)18(14)16)11-10-15-9-8-13-4-1-2-7-17(13)21-15/h1-9H,10-12H2;1-9H,10-12,20H2. The van der Waals surface area contributed by atoms with Crippen molar-refractivity contribution in [3.8, 4) is 0 Å². The lowest BCUT2D eigenvalue weighted by Gasteiger charge is -2.15. The van der Waals surface area contributed by atoms with Gasteiger partial charge in [-0.25, -0.2) is 0 Å². The van der Waals surface area contributed by atoms with Crippen LogP contribution in [0, 0.1) is 10.1 Å². The lowest BCUT2D eigenvalue weighted by Crippen LogP contribution is -2.26. The van der Waals surface area contributed by atoms with Gasteiger partial charge in [0.25, 0.3) is 17.5 Å². The summed E-state index contributed by atoms with van der Waals surface area (Å²) in [5, 5.41) is 13.4. The Kier molecular flexibility index (Phi) is 8.21. The van der Waals surface area contributed by atoms with E-state index < -0.39 is 4.92 Å². The van der Waals surface area contributed by atoms with Crippen molar-refractivity contribution in [1.82, 2.24) is 19.8 Å². The average Bonchev–Trinajstić information content (AvgIpc) is 3.62. The van der Waals surface area contributed by atoms with Gasteiger partial charge in [-0.1, -0.05) is 72.8 Å². The Morgan fingerprint density at radius 3 is 1.67 bits per heavy atom. The van der Waals surface area contributed by atoms with Crippen LogP contribution >= 0.6 is 0 Å². The highest BCUT2D eigenvalue weighted by atomic mass is 16.6. The summed E-state index contributed by atoms with van der Waals surface area (Å²) in [6.45, 7) is 2.17. The molecule has 2 aliphatic heterocycles. The summed E-state index contributed by atoms with van der Waals surface area (Å²) >= 11 is 0. The first kappa shape index (κ1) is 30.5. The number of carbonyl (C=O) groups excluding carboxylic acids is 2. The molecule has 2 amide bonds. The predicted octanol–water partition coefficient (Wildman–Crippen LogP) is 6.36. The molecule has 0 unspecified atom stereocenters. The summed E-state index contributed by atoms with van der Waals surface area (Å²) in [4.78, 5) is 48.4. The van der Waals surface area contributed by atoms with Crippen molar-refractivity contribution in [2.24, 2.45) is 0 Å². The van der Waals surface area contributed by atoms with E-state index >= 15 is 0 Å². The Morgan fingerprint density at radius 1 is 0.625 bits per heavy atom. The van der Waals surface area contributed by atoms with Crippen molar-refractivity contribution in [1.29, 1.82) is 0 Å². The maximum atomic E-state index is 12.6. The van der Waals surface area contributed by atoms with Gasteiger partial charge in [-0.3, -0.25) is 29.7 Å². The third-order valence-corrected chi connectivity index (χ3v) is 8.82. The molecule has 2 aliphatic rings.